The zero-order chi connectivity index (χ0) is 17.4. The molecule has 0 aliphatic carbocycles. The third-order valence-electron chi connectivity index (χ3n) is 3.57. The summed E-state index contributed by atoms with van der Waals surface area (Å²) in [5.74, 6) is -0.234. The molecule has 0 radical (unpaired) electrons. The first-order valence-corrected chi connectivity index (χ1v) is 8.00. The number of amides is 2. The number of aryl methyl sites for hydroxylation is 1. The lowest BCUT2D eigenvalue weighted by molar-refractivity contribution is -0.118. The molecule has 5 nitrogen and oxygen atoms in total. The molecule has 2 aromatic rings. The summed E-state index contributed by atoms with van der Waals surface area (Å²) in [6.45, 7) is 2.06. The zero-order valence-electron chi connectivity index (χ0n) is 13.7. The van der Waals surface area contributed by atoms with E-state index in [1.54, 1.807) is 24.3 Å². The fourth-order valence-corrected chi connectivity index (χ4v) is 2.20. The minimum atomic E-state index is -0.498. The quantitative estimate of drug-likeness (QED) is 0.782. The second-order valence-electron chi connectivity index (χ2n) is 5.53. The van der Waals surface area contributed by atoms with Crippen LogP contribution in [0.2, 0.25) is 0 Å². The molecule has 2 amide bonds. The number of carbonyl (C=O) groups is 2. The molecular formula is C19H22N2O3. The van der Waals surface area contributed by atoms with E-state index in [4.69, 9.17) is 10.5 Å². The topological polar surface area (TPSA) is 81.4 Å². The summed E-state index contributed by atoms with van der Waals surface area (Å²) in [6, 6.07) is 14.2. The Morgan fingerprint density at radius 3 is 2.29 bits per heavy atom. The molecule has 0 saturated carbocycles. The van der Waals surface area contributed by atoms with Gasteiger partial charge in [-0.25, -0.2) is 0 Å². The van der Waals surface area contributed by atoms with Gasteiger partial charge in [-0.1, -0.05) is 25.5 Å². The molecule has 0 fully saturated rings. The van der Waals surface area contributed by atoms with E-state index in [0.29, 0.717) is 11.3 Å². The number of rotatable bonds is 8. The molecule has 0 saturated heterocycles. The van der Waals surface area contributed by atoms with Gasteiger partial charge in [0.1, 0.15) is 5.75 Å². The van der Waals surface area contributed by atoms with Gasteiger partial charge in [-0.15, -0.1) is 0 Å². The zero-order valence-corrected chi connectivity index (χ0v) is 13.7. The average Bonchev–Trinajstić information content (AvgIpc) is 2.59. The highest BCUT2D eigenvalue weighted by Crippen LogP contribution is 2.13. The standard InChI is InChI=1S/C19H22N2O3/c1-2-3-4-14-5-9-16(10-6-14)21-18(22)13-24-17-11-7-15(8-12-17)19(20)23/h5-12H,2-4,13H2,1H3,(H2,20,23)(H,21,22). The lowest BCUT2D eigenvalue weighted by atomic mass is 10.1. The summed E-state index contributed by atoms with van der Waals surface area (Å²) in [6.07, 6.45) is 3.37. The maximum Gasteiger partial charge on any atom is 0.262 e. The van der Waals surface area contributed by atoms with E-state index in [1.165, 1.54) is 5.56 Å². The van der Waals surface area contributed by atoms with Crippen LogP contribution in [0.25, 0.3) is 0 Å². The SMILES string of the molecule is CCCCc1ccc(NC(=O)COc2ccc(C(N)=O)cc2)cc1. The number of ether oxygens (including phenoxy) is 1. The lowest BCUT2D eigenvalue weighted by Crippen LogP contribution is -2.20. The normalized spacial score (nSPS) is 10.2. The minimum Gasteiger partial charge on any atom is -0.484 e. The van der Waals surface area contributed by atoms with Gasteiger partial charge in [0, 0.05) is 11.3 Å². The molecule has 126 valence electrons. The van der Waals surface area contributed by atoms with Gasteiger partial charge in [-0.2, -0.15) is 0 Å². The van der Waals surface area contributed by atoms with Gasteiger partial charge in [-0.3, -0.25) is 9.59 Å². The van der Waals surface area contributed by atoms with Crippen molar-refractivity contribution in [3.8, 4) is 5.75 Å². The molecule has 0 heterocycles. The minimum absolute atomic E-state index is 0.104. The molecule has 0 spiro atoms. The predicted molar refractivity (Wildman–Crippen MR) is 94.1 cm³/mol. The van der Waals surface area contributed by atoms with Crippen molar-refractivity contribution in [1.29, 1.82) is 0 Å². The number of nitrogens with two attached hydrogens (primary N) is 1. The third kappa shape index (κ3) is 5.43. The van der Waals surface area contributed by atoms with Gasteiger partial charge in [-0.05, 0) is 54.8 Å². The third-order valence-corrected chi connectivity index (χ3v) is 3.57. The van der Waals surface area contributed by atoms with Crippen LogP contribution in [-0.2, 0) is 11.2 Å². The monoisotopic (exact) mass is 326 g/mol. The average molecular weight is 326 g/mol. The maximum absolute atomic E-state index is 11.9. The summed E-state index contributed by atoms with van der Waals surface area (Å²) in [7, 11) is 0. The highest BCUT2D eigenvalue weighted by molar-refractivity contribution is 5.93. The highest BCUT2D eigenvalue weighted by atomic mass is 16.5. The summed E-state index contributed by atoms with van der Waals surface area (Å²) in [5, 5.41) is 2.79. The number of benzene rings is 2. The summed E-state index contributed by atoms with van der Waals surface area (Å²) in [4.78, 5) is 22.9. The van der Waals surface area contributed by atoms with Crippen LogP contribution in [0.5, 0.6) is 5.75 Å². The van der Waals surface area contributed by atoms with Crippen LogP contribution in [0, 0.1) is 0 Å². The fourth-order valence-electron chi connectivity index (χ4n) is 2.20. The van der Waals surface area contributed by atoms with Gasteiger partial charge in [0.25, 0.3) is 5.91 Å². The number of hydrogen-bond donors (Lipinski definition) is 2. The van der Waals surface area contributed by atoms with Crippen molar-refractivity contribution in [2.75, 3.05) is 11.9 Å². The van der Waals surface area contributed by atoms with Crippen LogP contribution in [0.15, 0.2) is 48.5 Å². The number of nitrogens with one attached hydrogen (secondary N) is 1. The Balaban J connectivity index is 1.81. The first-order valence-electron chi connectivity index (χ1n) is 8.00. The van der Waals surface area contributed by atoms with Gasteiger partial charge < -0.3 is 15.8 Å². The molecule has 5 heteroatoms. The smallest absolute Gasteiger partial charge is 0.262 e. The van der Waals surface area contributed by atoms with Crippen LogP contribution in [-0.4, -0.2) is 18.4 Å². The number of unbranched alkanes of at least 4 members (excludes halogenated alkanes) is 1. The number of primary amides is 1. The Morgan fingerprint density at radius 2 is 1.71 bits per heavy atom. The van der Waals surface area contributed by atoms with Crippen molar-refractivity contribution in [3.05, 3.63) is 59.7 Å². The molecule has 24 heavy (non-hydrogen) atoms. The molecule has 2 aromatic carbocycles. The molecule has 0 bridgehead atoms. The second-order valence-corrected chi connectivity index (χ2v) is 5.53. The van der Waals surface area contributed by atoms with E-state index < -0.39 is 5.91 Å². The van der Waals surface area contributed by atoms with Crippen LogP contribution in [0.3, 0.4) is 0 Å². The molecule has 0 unspecified atom stereocenters. The van der Waals surface area contributed by atoms with Gasteiger partial charge in [0.05, 0.1) is 0 Å². The van der Waals surface area contributed by atoms with E-state index in [-0.39, 0.29) is 12.5 Å². The number of hydrogen-bond acceptors (Lipinski definition) is 3. The van der Waals surface area contributed by atoms with E-state index in [0.717, 1.165) is 24.9 Å². The van der Waals surface area contributed by atoms with Crippen LogP contribution in [0.1, 0.15) is 35.7 Å². The van der Waals surface area contributed by atoms with E-state index >= 15 is 0 Å². The van der Waals surface area contributed by atoms with E-state index in [2.05, 4.69) is 12.2 Å². The largest absolute Gasteiger partial charge is 0.484 e. The Bertz CT molecular complexity index is 679. The highest BCUT2D eigenvalue weighted by Gasteiger charge is 2.05. The Morgan fingerprint density at radius 1 is 1.04 bits per heavy atom. The molecule has 2 rings (SSSR count). The van der Waals surface area contributed by atoms with E-state index in [1.807, 2.05) is 24.3 Å². The van der Waals surface area contributed by atoms with Crippen molar-refractivity contribution in [1.82, 2.24) is 0 Å². The van der Waals surface area contributed by atoms with Gasteiger partial charge >= 0.3 is 0 Å². The number of carbonyl (C=O) groups excluding carboxylic acids is 2. The molecule has 3 N–H and O–H groups in total. The molecule has 0 atom stereocenters. The van der Waals surface area contributed by atoms with Crippen LogP contribution >= 0.6 is 0 Å². The Kier molecular flexibility index (Phi) is 6.37. The Labute approximate surface area is 141 Å². The van der Waals surface area contributed by atoms with Crippen LogP contribution in [0.4, 0.5) is 5.69 Å². The summed E-state index contributed by atoms with van der Waals surface area (Å²) < 4.78 is 5.39. The molecule has 0 aliphatic rings. The molecule has 0 aromatic heterocycles. The first kappa shape index (κ1) is 17.5. The summed E-state index contributed by atoms with van der Waals surface area (Å²) in [5.41, 5.74) is 7.57. The number of anilines is 1. The van der Waals surface area contributed by atoms with Crippen LogP contribution < -0.4 is 15.8 Å². The Hall–Kier alpha value is -2.82. The first-order chi connectivity index (χ1) is 11.6. The molecular weight excluding hydrogens is 304 g/mol. The lowest BCUT2D eigenvalue weighted by Gasteiger charge is -2.08. The van der Waals surface area contributed by atoms with Crippen molar-refractivity contribution in [3.63, 3.8) is 0 Å². The second kappa shape index (κ2) is 8.72. The fraction of sp³-hybridized carbons (Fsp3) is 0.263. The summed E-state index contributed by atoms with van der Waals surface area (Å²) >= 11 is 0. The van der Waals surface area contributed by atoms with Crippen molar-refractivity contribution >= 4 is 17.5 Å². The van der Waals surface area contributed by atoms with Crippen molar-refractivity contribution < 1.29 is 14.3 Å². The van der Waals surface area contributed by atoms with Crippen molar-refractivity contribution in [2.45, 2.75) is 26.2 Å². The maximum atomic E-state index is 11.9. The molecule has 0 aliphatic heterocycles. The predicted octanol–water partition coefficient (Wildman–Crippen LogP) is 3.15. The van der Waals surface area contributed by atoms with E-state index in [9.17, 15) is 9.59 Å². The van der Waals surface area contributed by atoms with Crippen molar-refractivity contribution in [2.24, 2.45) is 5.73 Å². The van der Waals surface area contributed by atoms with Gasteiger partial charge in [0.2, 0.25) is 5.91 Å². The van der Waals surface area contributed by atoms with Gasteiger partial charge in [0.15, 0.2) is 6.61 Å².